The first-order chi connectivity index (χ1) is 20.5. The molecular formula is C31H35ClN8O2. The molecule has 2 atom stereocenters. The highest BCUT2D eigenvalue weighted by atomic mass is 35.5. The van der Waals surface area contributed by atoms with Gasteiger partial charge in [0.15, 0.2) is 0 Å². The Morgan fingerprint density at radius 1 is 1.19 bits per heavy atom. The van der Waals surface area contributed by atoms with E-state index < -0.39 is 0 Å². The Kier molecular flexibility index (Phi) is 8.13. The van der Waals surface area contributed by atoms with Gasteiger partial charge in [-0.2, -0.15) is 15.2 Å². The van der Waals surface area contributed by atoms with Crippen molar-refractivity contribution in [2.45, 2.75) is 44.3 Å². The first-order valence-electron chi connectivity index (χ1n) is 14.5. The highest BCUT2D eigenvalue weighted by molar-refractivity contribution is 6.36. The predicted molar refractivity (Wildman–Crippen MR) is 163 cm³/mol. The third-order valence-electron chi connectivity index (χ3n) is 8.72. The van der Waals surface area contributed by atoms with E-state index in [9.17, 15) is 10.1 Å². The highest BCUT2D eigenvalue weighted by Crippen LogP contribution is 2.37. The summed E-state index contributed by atoms with van der Waals surface area (Å²) in [4.78, 5) is 35.4. The molecule has 0 unspecified atom stereocenters. The van der Waals surface area contributed by atoms with E-state index in [2.05, 4.69) is 39.4 Å². The standard InChI is InChI=1S/C31H35ClN8O2/c1-3-28(41)40-15-14-39(18-22(40)9-11-33)30-24-10-13-38(27-17-34-16-21-6-4-8-25(32)29(21)27)19-26(24)35-31(36-30)42-20-23-7-5-12-37(23)2/h3-4,6,8,16-17,22-23H,1,5,7,9-10,12-15,18-20H2,2H3/t22-,23-/m0/s1. The van der Waals surface area contributed by atoms with Gasteiger partial charge in [-0.15, -0.1) is 0 Å². The van der Waals surface area contributed by atoms with Crippen LogP contribution >= 0.6 is 11.6 Å². The summed E-state index contributed by atoms with van der Waals surface area (Å²) >= 11 is 6.66. The molecule has 2 saturated heterocycles. The number of halogens is 1. The zero-order chi connectivity index (χ0) is 29.2. The zero-order valence-electron chi connectivity index (χ0n) is 23.9. The molecule has 6 rings (SSSR count). The SMILES string of the molecule is C=CC(=O)N1CCN(c2nc(OC[C@@H]3CCCN3C)nc3c2CCN(c2cncc4cccc(Cl)c24)C3)C[C@@H]1CC#N. The number of amides is 1. The molecule has 10 nitrogen and oxygen atoms in total. The fraction of sp³-hybridized carbons (Fsp3) is 0.452. The first kappa shape index (κ1) is 28.2. The van der Waals surface area contributed by atoms with Crippen molar-refractivity contribution >= 4 is 39.8 Å². The molecule has 3 aliphatic heterocycles. The molecule has 1 aromatic carbocycles. The van der Waals surface area contributed by atoms with Crippen molar-refractivity contribution in [3.8, 4) is 12.1 Å². The molecule has 0 spiro atoms. The van der Waals surface area contributed by atoms with Crippen LogP contribution in [0.1, 0.15) is 30.5 Å². The number of nitriles is 1. The Morgan fingerprint density at radius 3 is 2.86 bits per heavy atom. The molecule has 218 valence electrons. The molecule has 0 saturated carbocycles. The van der Waals surface area contributed by atoms with E-state index in [1.807, 2.05) is 30.6 Å². The first-order valence-corrected chi connectivity index (χ1v) is 14.9. The summed E-state index contributed by atoms with van der Waals surface area (Å²) < 4.78 is 6.27. The Balaban J connectivity index is 1.34. The quantitative estimate of drug-likeness (QED) is 0.382. The van der Waals surface area contributed by atoms with E-state index in [0.29, 0.717) is 49.9 Å². The van der Waals surface area contributed by atoms with Crippen molar-refractivity contribution in [2.75, 3.05) is 56.2 Å². The third-order valence-corrected chi connectivity index (χ3v) is 9.03. The van der Waals surface area contributed by atoms with Crippen LogP contribution < -0.4 is 14.5 Å². The molecule has 0 bridgehead atoms. The second-order valence-corrected chi connectivity index (χ2v) is 11.6. The van der Waals surface area contributed by atoms with Crippen LogP contribution in [0.3, 0.4) is 0 Å². The number of ether oxygens (including phenoxy) is 1. The van der Waals surface area contributed by atoms with Crippen molar-refractivity contribution in [3.05, 3.63) is 59.5 Å². The van der Waals surface area contributed by atoms with Crippen LogP contribution in [0.15, 0.2) is 43.2 Å². The van der Waals surface area contributed by atoms with Crippen LogP contribution in [0, 0.1) is 11.3 Å². The maximum atomic E-state index is 12.5. The van der Waals surface area contributed by atoms with E-state index in [1.54, 1.807) is 4.90 Å². The number of fused-ring (bicyclic) bond motifs is 2. The fourth-order valence-corrected chi connectivity index (χ4v) is 6.71. The molecule has 2 fully saturated rings. The zero-order valence-corrected chi connectivity index (χ0v) is 24.6. The third kappa shape index (κ3) is 5.46. The van der Waals surface area contributed by atoms with Gasteiger partial charge in [0.05, 0.1) is 47.7 Å². The van der Waals surface area contributed by atoms with Gasteiger partial charge >= 0.3 is 6.01 Å². The molecular weight excluding hydrogens is 552 g/mol. The molecule has 0 aliphatic carbocycles. The maximum Gasteiger partial charge on any atom is 0.318 e. The van der Waals surface area contributed by atoms with E-state index in [-0.39, 0.29) is 18.4 Å². The summed E-state index contributed by atoms with van der Waals surface area (Å²) in [5, 5.41) is 12.2. The number of hydrogen-bond acceptors (Lipinski definition) is 9. The topological polar surface area (TPSA) is 102 Å². The monoisotopic (exact) mass is 586 g/mol. The Hall–Kier alpha value is -3.94. The molecule has 2 aromatic heterocycles. The summed E-state index contributed by atoms with van der Waals surface area (Å²) in [5.74, 6) is 0.680. The lowest BCUT2D eigenvalue weighted by atomic mass is 10.0. The minimum atomic E-state index is -0.250. The van der Waals surface area contributed by atoms with Gasteiger partial charge in [-0.3, -0.25) is 9.78 Å². The van der Waals surface area contributed by atoms with Crippen LogP contribution in [0.5, 0.6) is 6.01 Å². The Labute approximate surface area is 251 Å². The van der Waals surface area contributed by atoms with Gasteiger partial charge in [-0.1, -0.05) is 30.3 Å². The molecule has 5 heterocycles. The number of anilines is 2. The van der Waals surface area contributed by atoms with Crippen molar-refractivity contribution in [2.24, 2.45) is 0 Å². The average molecular weight is 587 g/mol. The number of piperazine rings is 1. The fourth-order valence-electron chi connectivity index (χ4n) is 6.43. The Bertz CT molecular complexity index is 1540. The number of carbonyl (C=O) groups is 1. The van der Waals surface area contributed by atoms with Gasteiger partial charge in [0.1, 0.15) is 12.4 Å². The van der Waals surface area contributed by atoms with Crippen LogP contribution in [0.4, 0.5) is 11.5 Å². The molecule has 3 aliphatic rings. The number of likely N-dealkylation sites (tertiary alicyclic amines) is 1. The van der Waals surface area contributed by atoms with Crippen molar-refractivity contribution in [1.29, 1.82) is 5.26 Å². The highest BCUT2D eigenvalue weighted by Gasteiger charge is 2.34. The van der Waals surface area contributed by atoms with Crippen LogP contribution in [-0.4, -0.2) is 89.1 Å². The lowest BCUT2D eigenvalue weighted by Crippen LogP contribution is -2.55. The number of benzene rings is 1. The van der Waals surface area contributed by atoms with Crippen molar-refractivity contribution in [3.63, 3.8) is 0 Å². The van der Waals surface area contributed by atoms with Crippen LogP contribution in [0.2, 0.25) is 5.02 Å². The maximum absolute atomic E-state index is 12.5. The number of aromatic nitrogens is 3. The minimum absolute atomic E-state index is 0.151. The lowest BCUT2D eigenvalue weighted by molar-refractivity contribution is -0.128. The van der Waals surface area contributed by atoms with Gasteiger partial charge in [0.2, 0.25) is 5.91 Å². The lowest BCUT2D eigenvalue weighted by Gasteiger charge is -2.42. The van der Waals surface area contributed by atoms with Gasteiger partial charge in [0.25, 0.3) is 0 Å². The smallest absolute Gasteiger partial charge is 0.318 e. The number of rotatable bonds is 7. The summed E-state index contributed by atoms with van der Waals surface area (Å²) in [6.45, 7) is 8.15. The largest absolute Gasteiger partial charge is 0.462 e. The van der Waals surface area contributed by atoms with E-state index in [0.717, 1.165) is 65.9 Å². The number of pyridine rings is 1. The van der Waals surface area contributed by atoms with E-state index in [4.69, 9.17) is 26.3 Å². The molecule has 42 heavy (non-hydrogen) atoms. The van der Waals surface area contributed by atoms with Crippen molar-refractivity contribution < 1.29 is 9.53 Å². The van der Waals surface area contributed by atoms with Crippen LogP contribution in [0.25, 0.3) is 10.8 Å². The number of nitrogens with zero attached hydrogens (tertiary/aromatic N) is 8. The molecule has 3 aromatic rings. The van der Waals surface area contributed by atoms with Crippen LogP contribution in [-0.2, 0) is 17.8 Å². The minimum Gasteiger partial charge on any atom is -0.462 e. The van der Waals surface area contributed by atoms with Crippen molar-refractivity contribution in [1.82, 2.24) is 24.8 Å². The van der Waals surface area contributed by atoms with Gasteiger partial charge in [0, 0.05) is 54.8 Å². The Morgan fingerprint density at radius 2 is 2.07 bits per heavy atom. The average Bonchev–Trinajstić information content (AvgIpc) is 3.43. The molecule has 11 heteroatoms. The number of carbonyl (C=O) groups excluding carboxylic acids is 1. The second kappa shape index (κ2) is 12.1. The predicted octanol–water partition coefficient (Wildman–Crippen LogP) is 3.83. The summed E-state index contributed by atoms with van der Waals surface area (Å²) in [7, 11) is 2.13. The molecule has 0 radical (unpaired) electrons. The van der Waals surface area contributed by atoms with Gasteiger partial charge in [-0.25, -0.2) is 0 Å². The van der Waals surface area contributed by atoms with E-state index >= 15 is 0 Å². The van der Waals surface area contributed by atoms with Gasteiger partial charge < -0.3 is 24.3 Å². The normalized spacial score (nSPS) is 20.8. The summed E-state index contributed by atoms with van der Waals surface area (Å²) in [6.07, 6.45) is 8.24. The van der Waals surface area contributed by atoms with Gasteiger partial charge in [-0.05, 0) is 45.0 Å². The molecule has 1 amide bonds. The number of hydrogen-bond donors (Lipinski definition) is 0. The van der Waals surface area contributed by atoms with E-state index in [1.165, 1.54) is 6.08 Å². The second-order valence-electron chi connectivity index (χ2n) is 11.2. The number of likely N-dealkylation sites (N-methyl/N-ethyl adjacent to an activating group) is 1. The summed E-state index contributed by atoms with van der Waals surface area (Å²) in [5.41, 5.74) is 2.96. The summed E-state index contributed by atoms with van der Waals surface area (Å²) in [6, 6.07) is 8.57. The molecule has 0 N–H and O–H groups in total.